The van der Waals surface area contributed by atoms with Gasteiger partial charge in [-0.15, -0.1) is 0 Å². The van der Waals surface area contributed by atoms with Crippen LogP contribution in [0.5, 0.6) is 0 Å². The third-order valence-corrected chi connectivity index (χ3v) is 2.66. The van der Waals surface area contributed by atoms with E-state index in [-0.39, 0.29) is 6.61 Å². The predicted octanol–water partition coefficient (Wildman–Crippen LogP) is 0.171. The molecule has 3 N–H and O–H groups in total. The van der Waals surface area contributed by atoms with E-state index in [1.54, 1.807) is 0 Å². The second-order valence-corrected chi connectivity index (χ2v) is 3.74. The minimum atomic E-state index is 0.0986. The molecular weight excluding hydrogens is 190 g/mol. The molecule has 0 radical (unpaired) electrons. The first-order valence-electron chi connectivity index (χ1n) is 5.40. The number of amidine groups is 1. The molecule has 0 aliphatic carbocycles. The fourth-order valence-electron chi connectivity index (χ4n) is 1.87. The average Bonchev–Trinajstić information content (AvgIpc) is 2.68. The van der Waals surface area contributed by atoms with E-state index in [1.165, 1.54) is 5.70 Å². The second-order valence-electron chi connectivity index (χ2n) is 3.74. The minimum absolute atomic E-state index is 0.0986. The van der Waals surface area contributed by atoms with Crippen molar-refractivity contribution in [3.8, 4) is 0 Å². The summed E-state index contributed by atoms with van der Waals surface area (Å²) >= 11 is 0. The monoisotopic (exact) mass is 207 g/mol. The maximum absolute atomic E-state index is 8.68. The standard InChI is InChI=1S/C11H17N3O/c1-2-8-7-10-9(13-8)3-4-11(14-10)12-5-6-15/h3-4,7,9-10,13,15H,2,5-6H2,1H3,(H,12,14). The van der Waals surface area contributed by atoms with Gasteiger partial charge in [0.05, 0.1) is 25.2 Å². The van der Waals surface area contributed by atoms with Crippen molar-refractivity contribution in [2.75, 3.05) is 13.2 Å². The van der Waals surface area contributed by atoms with Crippen molar-refractivity contribution < 1.29 is 5.11 Å². The Morgan fingerprint density at radius 1 is 1.40 bits per heavy atom. The molecule has 0 bridgehead atoms. The van der Waals surface area contributed by atoms with E-state index in [1.807, 2.05) is 6.08 Å². The first-order chi connectivity index (χ1) is 7.33. The first kappa shape index (κ1) is 10.2. The quantitative estimate of drug-likeness (QED) is 0.618. The van der Waals surface area contributed by atoms with Gasteiger partial charge in [0, 0.05) is 5.70 Å². The van der Waals surface area contributed by atoms with E-state index in [0.717, 1.165) is 12.3 Å². The number of allylic oxidation sites excluding steroid dienone is 1. The lowest BCUT2D eigenvalue weighted by atomic mass is 10.1. The van der Waals surface area contributed by atoms with Gasteiger partial charge in [-0.05, 0) is 18.6 Å². The van der Waals surface area contributed by atoms with Gasteiger partial charge < -0.3 is 15.7 Å². The molecule has 0 amide bonds. The number of nitrogens with one attached hydrogen (secondary N) is 2. The Morgan fingerprint density at radius 2 is 2.27 bits per heavy atom. The zero-order valence-corrected chi connectivity index (χ0v) is 8.90. The van der Waals surface area contributed by atoms with Crippen LogP contribution in [-0.2, 0) is 0 Å². The maximum atomic E-state index is 8.68. The lowest BCUT2D eigenvalue weighted by Crippen LogP contribution is -2.46. The van der Waals surface area contributed by atoms with Gasteiger partial charge in [-0.2, -0.15) is 0 Å². The summed E-state index contributed by atoms with van der Waals surface area (Å²) in [7, 11) is 0. The Bertz CT molecular complexity index is 320. The number of nitrogens with zero attached hydrogens (tertiary/aromatic N) is 1. The molecule has 15 heavy (non-hydrogen) atoms. The summed E-state index contributed by atoms with van der Waals surface area (Å²) in [6, 6.07) is 0.662. The van der Waals surface area contributed by atoms with E-state index >= 15 is 0 Å². The van der Waals surface area contributed by atoms with Crippen molar-refractivity contribution >= 4 is 5.84 Å². The van der Waals surface area contributed by atoms with Crippen LogP contribution in [0.2, 0.25) is 0 Å². The number of hydrogen-bond acceptors (Lipinski definition) is 3. The lowest BCUT2D eigenvalue weighted by molar-refractivity contribution is 0.306. The van der Waals surface area contributed by atoms with Crippen LogP contribution < -0.4 is 10.6 Å². The lowest BCUT2D eigenvalue weighted by Gasteiger charge is -2.23. The summed E-state index contributed by atoms with van der Waals surface area (Å²) in [6.45, 7) is 2.70. The molecule has 0 saturated heterocycles. The summed E-state index contributed by atoms with van der Waals surface area (Å²) in [4.78, 5) is 4.22. The Kier molecular flexibility index (Phi) is 3.06. The molecule has 2 unspecified atom stereocenters. The highest BCUT2D eigenvalue weighted by molar-refractivity contribution is 5.94. The minimum Gasteiger partial charge on any atom is -0.394 e. The summed E-state index contributed by atoms with van der Waals surface area (Å²) in [5.41, 5.74) is 1.28. The van der Waals surface area contributed by atoms with Crippen molar-refractivity contribution in [1.82, 2.24) is 10.6 Å². The average molecular weight is 207 g/mol. The number of rotatable bonds is 3. The summed E-state index contributed by atoms with van der Waals surface area (Å²) in [6.07, 6.45) is 7.33. The molecule has 82 valence electrons. The molecule has 0 fully saturated rings. The van der Waals surface area contributed by atoms with Gasteiger partial charge in [0.25, 0.3) is 0 Å². The van der Waals surface area contributed by atoms with Gasteiger partial charge in [0.1, 0.15) is 5.84 Å². The molecule has 2 rings (SSSR count). The molecule has 2 heterocycles. The molecule has 2 aliphatic rings. The Balaban J connectivity index is 2.03. The SMILES string of the molecule is CCC1=CC2NC(=NCCO)C=CC2N1. The van der Waals surface area contributed by atoms with Crippen LogP contribution in [0.25, 0.3) is 0 Å². The number of aliphatic hydroxyl groups is 1. The highest BCUT2D eigenvalue weighted by atomic mass is 16.3. The Hall–Kier alpha value is -1.29. The first-order valence-corrected chi connectivity index (χ1v) is 5.40. The molecule has 4 heteroatoms. The molecule has 0 spiro atoms. The topological polar surface area (TPSA) is 56.7 Å². The molecule has 0 aromatic heterocycles. The number of hydrogen-bond donors (Lipinski definition) is 3. The third-order valence-electron chi connectivity index (χ3n) is 2.66. The van der Waals surface area contributed by atoms with Crippen LogP contribution in [-0.4, -0.2) is 36.2 Å². The van der Waals surface area contributed by atoms with Gasteiger partial charge in [-0.3, -0.25) is 4.99 Å². The summed E-state index contributed by atoms with van der Waals surface area (Å²) in [5.74, 6) is 0.862. The molecule has 0 aromatic carbocycles. The van der Waals surface area contributed by atoms with E-state index < -0.39 is 0 Å². The zero-order chi connectivity index (χ0) is 10.7. The van der Waals surface area contributed by atoms with Crippen LogP contribution in [0.4, 0.5) is 0 Å². The molecule has 4 nitrogen and oxygen atoms in total. The molecule has 0 aromatic rings. The van der Waals surface area contributed by atoms with Crippen LogP contribution in [0.1, 0.15) is 13.3 Å². The van der Waals surface area contributed by atoms with Gasteiger partial charge in [-0.1, -0.05) is 13.0 Å². The van der Waals surface area contributed by atoms with E-state index in [2.05, 4.69) is 34.7 Å². The Labute approximate surface area is 89.8 Å². The van der Waals surface area contributed by atoms with Crippen molar-refractivity contribution in [2.24, 2.45) is 4.99 Å². The van der Waals surface area contributed by atoms with Gasteiger partial charge >= 0.3 is 0 Å². The zero-order valence-electron chi connectivity index (χ0n) is 8.90. The number of aliphatic imine (C=N–C) groups is 1. The third kappa shape index (κ3) is 2.21. The molecule has 2 aliphatic heterocycles. The number of aliphatic hydroxyl groups excluding tert-OH is 1. The van der Waals surface area contributed by atoms with Gasteiger partial charge in [0.15, 0.2) is 0 Å². The normalized spacial score (nSPS) is 30.8. The van der Waals surface area contributed by atoms with Crippen molar-refractivity contribution in [3.05, 3.63) is 23.9 Å². The second kappa shape index (κ2) is 4.49. The van der Waals surface area contributed by atoms with Crippen LogP contribution in [0, 0.1) is 0 Å². The van der Waals surface area contributed by atoms with Gasteiger partial charge in [0.2, 0.25) is 0 Å². The maximum Gasteiger partial charge on any atom is 0.121 e. The van der Waals surface area contributed by atoms with Crippen molar-refractivity contribution in [2.45, 2.75) is 25.4 Å². The van der Waals surface area contributed by atoms with Crippen LogP contribution in [0.3, 0.4) is 0 Å². The highest BCUT2D eigenvalue weighted by Gasteiger charge is 2.27. The predicted molar refractivity (Wildman–Crippen MR) is 60.7 cm³/mol. The highest BCUT2D eigenvalue weighted by Crippen LogP contribution is 2.16. The largest absolute Gasteiger partial charge is 0.394 e. The van der Waals surface area contributed by atoms with Crippen LogP contribution >= 0.6 is 0 Å². The number of fused-ring (bicyclic) bond motifs is 1. The van der Waals surface area contributed by atoms with Crippen molar-refractivity contribution in [1.29, 1.82) is 0 Å². The molecular formula is C11H17N3O. The van der Waals surface area contributed by atoms with Crippen molar-refractivity contribution in [3.63, 3.8) is 0 Å². The molecule has 2 atom stereocenters. The van der Waals surface area contributed by atoms with E-state index in [9.17, 15) is 0 Å². The van der Waals surface area contributed by atoms with E-state index in [4.69, 9.17) is 5.11 Å². The summed E-state index contributed by atoms with van der Waals surface area (Å²) in [5, 5.41) is 15.4. The molecule has 0 saturated carbocycles. The van der Waals surface area contributed by atoms with Crippen LogP contribution in [0.15, 0.2) is 28.9 Å². The smallest absolute Gasteiger partial charge is 0.121 e. The Morgan fingerprint density at radius 3 is 3.00 bits per heavy atom. The fourth-order valence-corrected chi connectivity index (χ4v) is 1.87. The van der Waals surface area contributed by atoms with E-state index in [0.29, 0.717) is 18.6 Å². The fraction of sp³-hybridized carbons (Fsp3) is 0.545. The summed E-state index contributed by atoms with van der Waals surface area (Å²) < 4.78 is 0. The van der Waals surface area contributed by atoms with Gasteiger partial charge in [-0.25, -0.2) is 0 Å².